The van der Waals surface area contributed by atoms with Crippen LogP contribution in [0.15, 0.2) is 71.1 Å². The van der Waals surface area contributed by atoms with Crippen LogP contribution in [0, 0.1) is 5.41 Å². The van der Waals surface area contributed by atoms with Crippen LogP contribution in [0.2, 0.25) is 5.02 Å². The molecule has 1 aliphatic heterocycles. The number of allylic oxidation sites excluding steroid dienone is 3. The van der Waals surface area contributed by atoms with Gasteiger partial charge in [0.15, 0.2) is 10.9 Å². The van der Waals surface area contributed by atoms with Crippen molar-refractivity contribution in [1.82, 2.24) is 10.3 Å². The zero-order chi connectivity index (χ0) is 23.3. The number of carbonyl (C=O) groups is 2. The lowest BCUT2D eigenvalue weighted by Crippen LogP contribution is -2.39. The van der Waals surface area contributed by atoms with Crippen molar-refractivity contribution in [3.63, 3.8) is 0 Å². The maximum absolute atomic E-state index is 13.6. The number of fused-ring (bicyclic) bond motifs is 1. The van der Waals surface area contributed by atoms with Gasteiger partial charge in [-0.25, -0.2) is 4.98 Å². The fraction of sp³-hybridized carbons (Fsp3) is 0.269. The van der Waals surface area contributed by atoms with Crippen molar-refractivity contribution in [2.45, 2.75) is 39.5 Å². The van der Waals surface area contributed by atoms with Crippen LogP contribution in [-0.2, 0) is 9.59 Å². The average Bonchev–Trinajstić information content (AvgIpc) is 3.13. The van der Waals surface area contributed by atoms with Crippen LogP contribution < -0.4 is 10.6 Å². The summed E-state index contributed by atoms with van der Waals surface area (Å²) in [5, 5.41) is 7.47. The smallest absolute Gasteiger partial charge is 0.256 e. The number of carbonyl (C=O) groups excluding carboxylic acids is 2. The number of nitrogens with zero attached hydrogens (tertiary/aromatic N) is 1. The van der Waals surface area contributed by atoms with Gasteiger partial charge >= 0.3 is 0 Å². The predicted octanol–water partition coefficient (Wildman–Crippen LogP) is 6.19. The molecule has 1 aromatic heterocycles. The van der Waals surface area contributed by atoms with Crippen LogP contribution in [0.25, 0.3) is 10.2 Å². The molecule has 0 radical (unpaired) electrons. The summed E-state index contributed by atoms with van der Waals surface area (Å²) in [6.07, 6.45) is 1.19. The first-order valence-corrected chi connectivity index (χ1v) is 12.1. The number of nitrogens with one attached hydrogen (secondary N) is 2. The van der Waals surface area contributed by atoms with Gasteiger partial charge in [-0.1, -0.05) is 61.1 Å². The van der Waals surface area contributed by atoms with E-state index < -0.39 is 5.92 Å². The molecule has 2 heterocycles. The highest BCUT2D eigenvalue weighted by molar-refractivity contribution is 7.22. The quantitative estimate of drug-likeness (QED) is 0.471. The zero-order valence-corrected chi connectivity index (χ0v) is 20.2. The molecule has 3 aromatic rings. The van der Waals surface area contributed by atoms with Crippen molar-refractivity contribution >= 4 is 50.0 Å². The number of Topliss-reactive ketones (excluding diaryl/α,β-unsaturated/α-hetero) is 1. The van der Waals surface area contributed by atoms with Crippen molar-refractivity contribution in [3.8, 4) is 0 Å². The first-order valence-electron chi connectivity index (χ1n) is 10.9. The summed E-state index contributed by atoms with van der Waals surface area (Å²) in [5.74, 6) is -0.692. The van der Waals surface area contributed by atoms with Gasteiger partial charge in [0.25, 0.3) is 5.91 Å². The van der Waals surface area contributed by atoms with Crippen LogP contribution in [0.4, 0.5) is 5.13 Å². The fourth-order valence-electron chi connectivity index (χ4n) is 4.85. The molecule has 2 aliphatic rings. The molecule has 5 rings (SSSR count). The third-order valence-electron chi connectivity index (χ3n) is 6.18. The Balaban J connectivity index is 1.58. The van der Waals surface area contributed by atoms with E-state index in [0.29, 0.717) is 27.7 Å². The number of ketones is 1. The summed E-state index contributed by atoms with van der Waals surface area (Å²) in [7, 11) is 0. The molecule has 1 unspecified atom stereocenters. The monoisotopic (exact) mass is 477 g/mol. The van der Waals surface area contributed by atoms with Crippen LogP contribution in [0.3, 0.4) is 0 Å². The lowest BCUT2D eigenvalue weighted by atomic mass is 9.68. The average molecular weight is 478 g/mol. The molecule has 5 nitrogen and oxygen atoms in total. The first-order chi connectivity index (χ1) is 15.7. The summed E-state index contributed by atoms with van der Waals surface area (Å²) < 4.78 is 1.00. The number of benzene rings is 2. The maximum atomic E-state index is 13.6. The Kier molecular flexibility index (Phi) is 5.38. The predicted molar refractivity (Wildman–Crippen MR) is 133 cm³/mol. The van der Waals surface area contributed by atoms with Crippen molar-refractivity contribution in [1.29, 1.82) is 0 Å². The van der Waals surface area contributed by atoms with E-state index in [9.17, 15) is 9.59 Å². The number of hydrogen-bond donors (Lipinski definition) is 2. The number of aromatic nitrogens is 1. The lowest BCUT2D eigenvalue weighted by molar-refractivity contribution is -0.118. The number of thiazole rings is 1. The maximum Gasteiger partial charge on any atom is 0.256 e. The van der Waals surface area contributed by atoms with Crippen LogP contribution in [0.5, 0.6) is 0 Å². The number of hydrogen-bond acceptors (Lipinski definition) is 5. The van der Waals surface area contributed by atoms with Crippen LogP contribution >= 0.6 is 22.9 Å². The lowest BCUT2D eigenvalue weighted by Gasteiger charge is -2.39. The number of dihydropyridines is 1. The topological polar surface area (TPSA) is 71.1 Å². The number of para-hydroxylation sites is 1. The summed E-state index contributed by atoms with van der Waals surface area (Å²) in [6, 6.07) is 15.2. The van der Waals surface area contributed by atoms with Crippen LogP contribution in [-0.4, -0.2) is 16.7 Å². The molecule has 168 valence electrons. The van der Waals surface area contributed by atoms with E-state index in [2.05, 4.69) is 29.5 Å². The Bertz CT molecular complexity index is 1340. The Morgan fingerprint density at radius 2 is 1.97 bits per heavy atom. The number of rotatable bonds is 3. The van der Waals surface area contributed by atoms with Gasteiger partial charge in [-0.3, -0.25) is 14.9 Å². The normalized spacial score (nSPS) is 20.0. The number of halogens is 1. The molecule has 0 fully saturated rings. The van der Waals surface area contributed by atoms with Gasteiger partial charge in [-0.05, 0) is 48.6 Å². The first kappa shape index (κ1) is 21.9. The molecule has 7 heteroatoms. The fourth-order valence-corrected chi connectivity index (χ4v) is 5.91. The zero-order valence-electron chi connectivity index (χ0n) is 18.7. The highest BCUT2D eigenvalue weighted by Crippen LogP contribution is 2.47. The van der Waals surface area contributed by atoms with Crippen molar-refractivity contribution in [2.24, 2.45) is 5.41 Å². The Morgan fingerprint density at radius 1 is 1.18 bits per heavy atom. The number of amides is 1. The highest BCUT2D eigenvalue weighted by Gasteiger charge is 2.42. The molecule has 0 bridgehead atoms. The van der Waals surface area contributed by atoms with Crippen molar-refractivity contribution in [2.75, 3.05) is 5.32 Å². The molecular formula is C26H24ClN3O2S. The molecule has 2 aromatic carbocycles. The Labute approximate surface area is 201 Å². The van der Waals surface area contributed by atoms with Gasteiger partial charge in [-0.15, -0.1) is 0 Å². The highest BCUT2D eigenvalue weighted by atomic mass is 35.5. The van der Waals surface area contributed by atoms with Gasteiger partial charge in [0.2, 0.25) is 0 Å². The molecule has 1 amide bonds. The second-order valence-electron chi connectivity index (χ2n) is 9.43. The standard InChI is InChI=1S/C26H24ClN3O2S/c1-14-21(24(32)30-25-29-17-9-4-5-10-20(17)33-25)22(15-7-6-8-16(27)11-15)23-18(28-14)12-26(2,3)13-19(23)31/h4-11,22,28H,12-13H2,1-3H3,(H,29,30,32). The second kappa shape index (κ2) is 8.12. The van der Waals surface area contributed by atoms with E-state index in [-0.39, 0.29) is 17.1 Å². The summed E-state index contributed by atoms with van der Waals surface area (Å²) in [4.78, 5) is 31.5. The van der Waals surface area contributed by atoms with E-state index in [1.54, 1.807) is 6.07 Å². The number of anilines is 1. The molecule has 1 aliphatic carbocycles. The van der Waals surface area contributed by atoms with E-state index in [1.165, 1.54) is 11.3 Å². The molecule has 0 saturated carbocycles. The van der Waals surface area contributed by atoms with Gasteiger partial charge in [0.05, 0.1) is 10.2 Å². The molecule has 2 N–H and O–H groups in total. The third kappa shape index (κ3) is 4.09. The molecule has 0 saturated heterocycles. The van der Waals surface area contributed by atoms with Crippen LogP contribution in [0.1, 0.15) is 45.1 Å². The van der Waals surface area contributed by atoms with E-state index in [0.717, 1.165) is 33.6 Å². The summed E-state index contributed by atoms with van der Waals surface area (Å²) >= 11 is 7.75. The molecule has 0 spiro atoms. The largest absolute Gasteiger partial charge is 0.362 e. The van der Waals surface area contributed by atoms with E-state index in [4.69, 9.17) is 11.6 Å². The van der Waals surface area contributed by atoms with E-state index >= 15 is 0 Å². The van der Waals surface area contributed by atoms with Gasteiger partial charge < -0.3 is 5.32 Å². The third-order valence-corrected chi connectivity index (χ3v) is 7.37. The molecule has 33 heavy (non-hydrogen) atoms. The minimum absolute atomic E-state index is 0.0662. The van der Waals surface area contributed by atoms with E-state index in [1.807, 2.05) is 49.4 Å². The van der Waals surface area contributed by atoms with Gasteiger partial charge in [0.1, 0.15) is 0 Å². The van der Waals surface area contributed by atoms with Crippen molar-refractivity contribution < 1.29 is 9.59 Å². The molecular weight excluding hydrogens is 454 g/mol. The van der Waals surface area contributed by atoms with Crippen molar-refractivity contribution in [3.05, 3.63) is 81.7 Å². The summed E-state index contributed by atoms with van der Waals surface area (Å²) in [5.41, 5.74) is 4.35. The second-order valence-corrected chi connectivity index (χ2v) is 10.9. The Morgan fingerprint density at radius 3 is 2.73 bits per heavy atom. The SMILES string of the molecule is CC1=C(C(=O)Nc2nc3ccccc3s2)C(c2cccc(Cl)c2)C2=C(CC(C)(C)CC2=O)N1. The van der Waals surface area contributed by atoms with Gasteiger partial charge in [-0.2, -0.15) is 0 Å². The minimum Gasteiger partial charge on any atom is -0.362 e. The van der Waals surface area contributed by atoms with Gasteiger partial charge in [0, 0.05) is 39.9 Å². The molecule has 1 atom stereocenters. The Hall–Kier alpha value is -2.96. The summed E-state index contributed by atoms with van der Waals surface area (Å²) in [6.45, 7) is 6.08. The minimum atomic E-state index is -0.488.